The Morgan fingerprint density at radius 2 is 2.32 bits per heavy atom. The predicted octanol–water partition coefficient (Wildman–Crippen LogP) is 2.80. The van der Waals surface area contributed by atoms with Crippen molar-refractivity contribution in [1.82, 2.24) is 10.3 Å². The summed E-state index contributed by atoms with van der Waals surface area (Å²) in [5.41, 5.74) is 0.414. The molecule has 0 aromatic carbocycles. The van der Waals surface area contributed by atoms with Crippen LogP contribution in [-0.2, 0) is 0 Å². The van der Waals surface area contributed by atoms with Crippen molar-refractivity contribution in [3.63, 3.8) is 0 Å². The highest BCUT2D eigenvalue weighted by Gasteiger charge is 2.21. The molecule has 1 aromatic rings. The van der Waals surface area contributed by atoms with Crippen LogP contribution in [-0.4, -0.2) is 34.8 Å². The van der Waals surface area contributed by atoms with E-state index in [0.717, 1.165) is 25.7 Å². The number of aromatic nitrogens is 1. The van der Waals surface area contributed by atoms with Crippen molar-refractivity contribution in [3.8, 4) is 5.88 Å². The van der Waals surface area contributed by atoms with E-state index in [1.165, 1.54) is 6.20 Å². The molecule has 1 amide bonds. The molecule has 1 aliphatic carbocycles. The lowest BCUT2D eigenvalue weighted by Gasteiger charge is -2.25. The second kappa shape index (κ2) is 7.79. The Kier molecular flexibility index (Phi) is 6.03. The van der Waals surface area contributed by atoms with E-state index in [0.29, 0.717) is 28.9 Å². The van der Waals surface area contributed by atoms with Crippen LogP contribution in [0.2, 0.25) is 5.02 Å². The summed E-state index contributed by atoms with van der Waals surface area (Å²) >= 11 is 6.08. The van der Waals surface area contributed by atoms with Gasteiger partial charge in [0.15, 0.2) is 0 Å². The van der Waals surface area contributed by atoms with Gasteiger partial charge in [-0.25, -0.2) is 4.98 Å². The molecule has 1 saturated carbocycles. The fourth-order valence-corrected chi connectivity index (χ4v) is 2.86. The molecule has 1 aliphatic rings. The monoisotopic (exact) mass is 326 g/mol. The Bertz CT molecular complexity index is 522. The fourth-order valence-electron chi connectivity index (χ4n) is 2.65. The highest BCUT2D eigenvalue weighted by Crippen LogP contribution is 2.25. The van der Waals surface area contributed by atoms with E-state index in [1.54, 1.807) is 6.07 Å². The van der Waals surface area contributed by atoms with Crippen molar-refractivity contribution in [2.75, 3.05) is 6.54 Å². The van der Waals surface area contributed by atoms with E-state index in [4.69, 9.17) is 16.3 Å². The number of ether oxygens (including phenoxy) is 1. The Hall–Kier alpha value is -1.33. The minimum Gasteiger partial charge on any atom is -0.474 e. The standard InChI is InChI=1S/C16H23ClN2O3/c1-10(2)22-16-14(17)7-12(9-19-16)15(21)18-8-11-4-3-5-13(20)6-11/h7,9-11,13,20H,3-6,8H2,1-2H3,(H,18,21). The number of carbonyl (C=O) groups excluding carboxylic acids is 1. The third-order valence-electron chi connectivity index (χ3n) is 3.72. The van der Waals surface area contributed by atoms with Crippen molar-refractivity contribution in [2.24, 2.45) is 5.92 Å². The Labute approximate surface area is 136 Å². The first-order valence-corrected chi connectivity index (χ1v) is 8.12. The number of hydrogen-bond donors (Lipinski definition) is 2. The molecule has 6 heteroatoms. The Morgan fingerprint density at radius 1 is 1.55 bits per heavy atom. The van der Waals surface area contributed by atoms with Crippen LogP contribution in [0.4, 0.5) is 0 Å². The summed E-state index contributed by atoms with van der Waals surface area (Å²) in [5.74, 6) is 0.467. The highest BCUT2D eigenvalue weighted by atomic mass is 35.5. The molecule has 0 radical (unpaired) electrons. The average molecular weight is 327 g/mol. The largest absolute Gasteiger partial charge is 0.474 e. The summed E-state index contributed by atoms with van der Waals surface area (Å²) in [5, 5.41) is 12.9. The maximum atomic E-state index is 12.1. The number of aliphatic hydroxyl groups is 1. The molecule has 122 valence electrons. The van der Waals surface area contributed by atoms with Crippen LogP contribution in [0.25, 0.3) is 0 Å². The summed E-state index contributed by atoms with van der Waals surface area (Å²) in [6.45, 7) is 4.34. The minimum atomic E-state index is -0.237. The highest BCUT2D eigenvalue weighted by molar-refractivity contribution is 6.32. The molecule has 1 heterocycles. The summed E-state index contributed by atoms with van der Waals surface area (Å²) < 4.78 is 5.44. The molecule has 2 unspecified atom stereocenters. The van der Waals surface area contributed by atoms with Crippen LogP contribution in [0.1, 0.15) is 49.9 Å². The fraction of sp³-hybridized carbons (Fsp3) is 0.625. The Morgan fingerprint density at radius 3 is 2.95 bits per heavy atom. The zero-order valence-electron chi connectivity index (χ0n) is 13.0. The molecular weight excluding hydrogens is 304 g/mol. The van der Waals surface area contributed by atoms with Crippen LogP contribution >= 0.6 is 11.6 Å². The van der Waals surface area contributed by atoms with Gasteiger partial charge in [0.25, 0.3) is 5.91 Å². The lowest BCUT2D eigenvalue weighted by Crippen LogP contribution is -2.33. The summed E-state index contributed by atoms with van der Waals surface area (Å²) in [4.78, 5) is 16.2. The average Bonchev–Trinajstić information content (AvgIpc) is 2.46. The topological polar surface area (TPSA) is 71.5 Å². The van der Waals surface area contributed by atoms with Gasteiger partial charge in [0.2, 0.25) is 5.88 Å². The van der Waals surface area contributed by atoms with Crippen LogP contribution in [0.5, 0.6) is 5.88 Å². The minimum absolute atomic E-state index is 0.0256. The van der Waals surface area contributed by atoms with Gasteiger partial charge in [-0.15, -0.1) is 0 Å². The van der Waals surface area contributed by atoms with Crippen molar-refractivity contribution < 1.29 is 14.6 Å². The number of rotatable bonds is 5. The molecule has 0 bridgehead atoms. The van der Waals surface area contributed by atoms with Crippen LogP contribution in [0.15, 0.2) is 12.3 Å². The van der Waals surface area contributed by atoms with E-state index < -0.39 is 0 Å². The summed E-state index contributed by atoms with van der Waals surface area (Å²) in [6, 6.07) is 1.57. The third-order valence-corrected chi connectivity index (χ3v) is 3.99. The van der Waals surface area contributed by atoms with E-state index >= 15 is 0 Å². The first-order chi connectivity index (χ1) is 10.5. The first-order valence-electron chi connectivity index (χ1n) is 7.74. The van der Waals surface area contributed by atoms with Crippen LogP contribution in [0.3, 0.4) is 0 Å². The molecule has 0 aliphatic heterocycles. The number of pyridine rings is 1. The zero-order valence-corrected chi connectivity index (χ0v) is 13.8. The molecule has 2 rings (SSSR count). The van der Waals surface area contributed by atoms with E-state index in [-0.39, 0.29) is 18.1 Å². The van der Waals surface area contributed by atoms with Gasteiger partial charge in [-0.05, 0) is 45.1 Å². The number of hydrogen-bond acceptors (Lipinski definition) is 4. The SMILES string of the molecule is CC(C)Oc1ncc(C(=O)NCC2CCCC(O)C2)cc1Cl. The lowest BCUT2D eigenvalue weighted by atomic mass is 9.87. The third kappa shape index (κ3) is 4.85. The number of nitrogens with zero attached hydrogens (tertiary/aromatic N) is 1. The number of amides is 1. The van der Waals surface area contributed by atoms with Gasteiger partial charge in [0.05, 0.1) is 17.8 Å². The molecule has 0 spiro atoms. The van der Waals surface area contributed by atoms with Crippen molar-refractivity contribution in [3.05, 3.63) is 22.8 Å². The van der Waals surface area contributed by atoms with Gasteiger partial charge >= 0.3 is 0 Å². The Balaban J connectivity index is 1.90. The van der Waals surface area contributed by atoms with Crippen molar-refractivity contribution in [2.45, 2.75) is 51.7 Å². The van der Waals surface area contributed by atoms with Crippen molar-refractivity contribution >= 4 is 17.5 Å². The molecule has 2 N–H and O–H groups in total. The predicted molar refractivity (Wildman–Crippen MR) is 85.3 cm³/mol. The maximum Gasteiger partial charge on any atom is 0.252 e. The normalized spacial score (nSPS) is 21.7. The van der Waals surface area contributed by atoms with Gasteiger partial charge < -0.3 is 15.2 Å². The number of aliphatic hydroxyl groups excluding tert-OH is 1. The zero-order chi connectivity index (χ0) is 16.1. The first kappa shape index (κ1) is 17.0. The molecule has 1 aromatic heterocycles. The van der Waals surface area contributed by atoms with Crippen molar-refractivity contribution in [1.29, 1.82) is 0 Å². The van der Waals surface area contributed by atoms with Gasteiger partial charge in [0, 0.05) is 12.7 Å². The maximum absolute atomic E-state index is 12.1. The van der Waals surface area contributed by atoms with E-state index in [2.05, 4.69) is 10.3 Å². The molecule has 0 saturated heterocycles. The molecule has 2 atom stereocenters. The van der Waals surface area contributed by atoms with Gasteiger partial charge in [-0.1, -0.05) is 18.0 Å². The number of nitrogens with one attached hydrogen (secondary N) is 1. The van der Waals surface area contributed by atoms with E-state index in [1.807, 2.05) is 13.8 Å². The number of carbonyl (C=O) groups is 1. The second-order valence-corrected chi connectivity index (χ2v) is 6.48. The van der Waals surface area contributed by atoms with Crippen LogP contribution in [0, 0.1) is 5.92 Å². The van der Waals surface area contributed by atoms with Gasteiger partial charge in [-0.3, -0.25) is 4.79 Å². The smallest absolute Gasteiger partial charge is 0.252 e. The second-order valence-electron chi connectivity index (χ2n) is 6.07. The van der Waals surface area contributed by atoms with Crippen LogP contribution < -0.4 is 10.1 Å². The molecular formula is C16H23ClN2O3. The van der Waals surface area contributed by atoms with Gasteiger partial charge in [-0.2, -0.15) is 0 Å². The molecule has 5 nitrogen and oxygen atoms in total. The van der Waals surface area contributed by atoms with Gasteiger partial charge in [0.1, 0.15) is 5.02 Å². The number of halogens is 1. The summed E-state index contributed by atoms with van der Waals surface area (Å²) in [7, 11) is 0. The molecule has 22 heavy (non-hydrogen) atoms. The summed E-state index contributed by atoms with van der Waals surface area (Å²) in [6.07, 6.45) is 4.87. The quantitative estimate of drug-likeness (QED) is 0.872. The molecule has 1 fully saturated rings. The lowest BCUT2D eigenvalue weighted by molar-refractivity contribution is 0.0873. The van der Waals surface area contributed by atoms with E-state index in [9.17, 15) is 9.90 Å².